The summed E-state index contributed by atoms with van der Waals surface area (Å²) in [6, 6.07) is 6.35. The molecule has 1 amide bonds. The van der Waals surface area contributed by atoms with E-state index in [1.165, 1.54) is 17.8 Å². The molecule has 0 aliphatic heterocycles. The van der Waals surface area contributed by atoms with Crippen LogP contribution in [0.3, 0.4) is 0 Å². The molecule has 1 aromatic carbocycles. The number of halogens is 2. The highest BCUT2D eigenvalue weighted by molar-refractivity contribution is 8.00. The maximum Gasteiger partial charge on any atom is 0.233 e. The van der Waals surface area contributed by atoms with Crippen LogP contribution in [0.2, 0.25) is 10.0 Å². The lowest BCUT2D eigenvalue weighted by Gasteiger charge is -2.18. The summed E-state index contributed by atoms with van der Waals surface area (Å²) >= 11 is 13.2. The van der Waals surface area contributed by atoms with E-state index < -0.39 is 5.25 Å². The van der Waals surface area contributed by atoms with E-state index in [1.807, 2.05) is 6.92 Å². The maximum absolute atomic E-state index is 12.4. The van der Waals surface area contributed by atoms with E-state index in [1.54, 1.807) is 25.1 Å². The summed E-state index contributed by atoms with van der Waals surface area (Å²) in [4.78, 5) is 20.5. The molecule has 2 aromatic rings. The highest BCUT2D eigenvalue weighted by Gasteiger charge is 2.20. The van der Waals surface area contributed by atoms with Crippen LogP contribution in [0.4, 0.5) is 11.6 Å². The highest BCUT2D eigenvalue weighted by atomic mass is 35.5. The average Bonchev–Trinajstić information content (AvgIpc) is 2.45. The van der Waals surface area contributed by atoms with Gasteiger partial charge in [0.05, 0.1) is 11.3 Å². The Morgan fingerprint density at radius 2 is 1.79 bits per heavy atom. The fraction of sp³-hybridized carbons (Fsp3) is 0.267. The molecule has 2 rings (SSSR count). The van der Waals surface area contributed by atoms with Crippen molar-refractivity contribution < 1.29 is 4.79 Å². The Labute approximate surface area is 154 Å². The summed E-state index contributed by atoms with van der Waals surface area (Å²) in [6.07, 6.45) is 0. The molecule has 24 heavy (non-hydrogen) atoms. The van der Waals surface area contributed by atoms with Crippen molar-refractivity contribution in [2.45, 2.75) is 30.3 Å². The van der Waals surface area contributed by atoms with Crippen LogP contribution in [0.1, 0.15) is 25.5 Å². The molecule has 0 saturated carbocycles. The second kappa shape index (κ2) is 7.92. The quantitative estimate of drug-likeness (QED) is 0.538. The first-order chi connectivity index (χ1) is 11.3. The number of benzene rings is 1. The molecule has 9 heteroatoms. The van der Waals surface area contributed by atoms with Crippen LogP contribution < -0.4 is 16.8 Å². The number of nitrogens with two attached hydrogens (primary N) is 2. The fourth-order valence-corrected chi connectivity index (χ4v) is 3.37. The summed E-state index contributed by atoms with van der Waals surface area (Å²) < 4.78 is 0. The summed E-state index contributed by atoms with van der Waals surface area (Å²) in [5, 5.41) is 3.87. The lowest BCUT2D eigenvalue weighted by atomic mass is 10.1. The lowest BCUT2D eigenvalue weighted by Crippen LogP contribution is -2.33. The van der Waals surface area contributed by atoms with Crippen molar-refractivity contribution in [1.29, 1.82) is 0 Å². The number of hydrogen-bond acceptors (Lipinski definition) is 6. The minimum Gasteiger partial charge on any atom is -0.383 e. The number of hydrogen-bond donors (Lipinski definition) is 3. The second-order valence-corrected chi connectivity index (χ2v) is 7.31. The van der Waals surface area contributed by atoms with Gasteiger partial charge >= 0.3 is 0 Å². The summed E-state index contributed by atoms with van der Waals surface area (Å²) in [5.41, 5.74) is 12.0. The Kier molecular flexibility index (Phi) is 6.15. The Morgan fingerprint density at radius 1 is 1.17 bits per heavy atom. The first kappa shape index (κ1) is 18.6. The van der Waals surface area contributed by atoms with Crippen molar-refractivity contribution in [3.63, 3.8) is 0 Å². The molecule has 0 radical (unpaired) electrons. The number of carbonyl (C=O) groups excluding carboxylic acids is 1. The summed E-state index contributed by atoms with van der Waals surface area (Å²) in [6.45, 7) is 3.60. The largest absolute Gasteiger partial charge is 0.383 e. The molecule has 2 unspecified atom stereocenters. The first-order valence-electron chi connectivity index (χ1n) is 7.08. The molecule has 0 fully saturated rings. The molecular weight excluding hydrogens is 369 g/mol. The third-order valence-electron chi connectivity index (χ3n) is 3.18. The smallest absolute Gasteiger partial charge is 0.233 e. The zero-order valence-corrected chi connectivity index (χ0v) is 15.4. The molecule has 0 aliphatic carbocycles. The predicted molar refractivity (Wildman–Crippen MR) is 99.2 cm³/mol. The van der Waals surface area contributed by atoms with Gasteiger partial charge in [-0.1, -0.05) is 41.0 Å². The number of rotatable bonds is 5. The second-order valence-electron chi connectivity index (χ2n) is 5.16. The number of anilines is 2. The molecule has 128 valence electrons. The van der Waals surface area contributed by atoms with Gasteiger partial charge in [0.25, 0.3) is 0 Å². The monoisotopic (exact) mass is 385 g/mol. The Hall–Kier alpha value is -1.70. The number of nitrogens with zero attached hydrogens (tertiary/aromatic N) is 2. The van der Waals surface area contributed by atoms with E-state index >= 15 is 0 Å². The molecule has 1 aromatic heterocycles. The van der Waals surface area contributed by atoms with E-state index in [4.69, 9.17) is 34.7 Å². The standard InChI is InChI=1S/C15H17Cl2N5OS/c1-7(10-4-3-9(16)5-11(10)17)20-14(23)8(2)24-15-21-12(18)6-13(19)22-15/h3-8H,1-2H3,(H,20,23)(H4,18,19,21,22). The van der Waals surface area contributed by atoms with Gasteiger partial charge in [0, 0.05) is 16.1 Å². The van der Waals surface area contributed by atoms with Crippen molar-refractivity contribution >= 4 is 52.5 Å². The number of nitrogen functional groups attached to an aromatic ring is 2. The van der Waals surface area contributed by atoms with Crippen LogP contribution in [-0.4, -0.2) is 21.1 Å². The SMILES string of the molecule is CC(Sc1nc(N)cc(N)n1)C(=O)NC(C)c1ccc(Cl)cc1Cl. The molecule has 0 bridgehead atoms. The van der Waals surface area contributed by atoms with Gasteiger partial charge < -0.3 is 16.8 Å². The maximum atomic E-state index is 12.4. The third-order valence-corrected chi connectivity index (χ3v) is 4.71. The van der Waals surface area contributed by atoms with Crippen molar-refractivity contribution in [1.82, 2.24) is 15.3 Å². The average molecular weight is 386 g/mol. The van der Waals surface area contributed by atoms with Crippen LogP contribution in [-0.2, 0) is 4.79 Å². The molecule has 5 N–H and O–H groups in total. The van der Waals surface area contributed by atoms with Crippen LogP contribution in [0.5, 0.6) is 0 Å². The minimum atomic E-state index is -0.431. The van der Waals surface area contributed by atoms with E-state index in [9.17, 15) is 4.79 Å². The first-order valence-corrected chi connectivity index (χ1v) is 8.72. The zero-order valence-electron chi connectivity index (χ0n) is 13.1. The number of amides is 1. The van der Waals surface area contributed by atoms with Crippen molar-refractivity contribution in [2.24, 2.45) is 0 Å². The van der Waals surface area contributed by atoms with Crippen molar-refractivity contribution in [3.05, 3.63) is 39.9 Å². The van der Waals surface area contributed by atoms with E-state index in [2.05, 4.69) is 15.3 Å². The van der Waals surface area contributed by atoms with Gasteiger partial charge in [-0.05, 0) is 31.5 Å². The van der Waals surface area contributed by atoms with Gasteiger partial charge in [0.15, 0.2) is 5.16 Å². The molecule has 0 spiro atoms. The fourth-order valence-electron chi connectivity index (χ4n) is 1.99. The normalized spacial score (nSPS) is 13.3. The summed E-state index contributed by atoms with van der Waals surface area (Å²) in [5.74, 6) is 0.348. The van der Waals surface area contributed by atoms with Crippen LogP contribution in [0.15, 0.2) is 29.4 Å². The van der Waals surface area contributed by atoms with Crippen molar-refractivity contribution in [2.75, 3.05) is 11.5 Å². The highest BCUT2D eigenvalue weighted by Crippen LogP contribution is 2.27. The third kappa shape index (κ3) is 4.90. The molecule has 2 atom stereocenters. The van der Waals surface area contributed by atoms with Crippen LogP contribution in [0, 0.1) is 0 Å². The molecule has 0 saturated heterocycles. The van der Waals surface area contributed by atoms with Gasteiger partial charge in [-0.3, -0.25) is 4.79 Å². The van der Waals surface area contributed by atoms with Gasteiger partial charge in [-0.25, -0.2) is 9.97 Å². The van der Waals surface area contributed by atoms with E-state index in [0.717, 1.165) is 5.56 Å². The minimum absolute atomic E-state index is 0.178. The Bertz CT molecular complexity index is 738. The number of nitrogens with one attached hydrogen (secondary N) is 1. The molecule has 1 heterocycles. The predicted octanol–water partition coefficient (Wildman–Crippen LogP) is 3.31. The zero-order chi connectivity index (χ0) is 17.9. The van der Waals surface area contributed by atoms with Gasteiger partial charge in [-0.2, -0.15) is 0 Å². The Balaban J connectivity index is 2.02. The van der Waals surface area contributed by atoms with Gasteiger partial charge in [0.1, 0.15) is 11.6 Å². The number of carbonyl (C=O) groups is 1. The molecule has 0 aliphatic rings. The molecular formula is C15H17Cl2N5OS. The Morgan fingerprint density at radius 3 is 2.38 bits per heavy atom. The van der Waals surface area contributed by atoms with E-state index in [0.29, 0.717) is 15.2 Å². The van der Waals surface area contributed by atoms with Crippen LogP contribution in [0.25, 0.3) is 0 Å². The number of thioether (sulfide) groups is 1. The number of aromatic nitrogens is 2. The summed E-state index contributed by atoms with van der Waals surface area (Å²) in [7, 11) is 0. The topological polar surface area (TPSA) is 107 Å². The van der Waals surface area contributed by atoms with Crippen molar-refractivity contribution in [3.8, 4) is 0 Å². The molecule has 6 nitrogen and oxygen atoms in total. The van der Waals surface area contributed by atoms with Crippen LogP contribution >= 0.6 is 35.0 Å². The van der Waals surface area contributed by atoms with Gasteiger partial charge in [0.2, 0.25) is 5.91 Å². The van der Waals surface area contributed by atoms with Gasteiger partial charge in [-0.15, -0.1) is 0 Å². The lowest BCUT2D eigenvalue weighted by molar-refractivity contribution is -0.120. The van der Waals surface area contributed by atoms with E-state index in [-0.39, 0.29) is 23.6 Å².